The molecule has 0 spiro atoms. The van der Waals surface area contributed by atoms with Gasteiger partial charge in [0.2, 0.25) is 0 Å². The number of nitrogens with zero attached hydrogens (tertiary/aromatic N) is 1. The molecule has 0 radical (unpaired) electrons. The van der Waals surface area contributed by atoms with Crippen LogP contribution >= 0.6 is 0 Å². The highest BCUT2D eigenvalue weighted by Crippen LogP contribution is 2.11. The molecule has 0 fully saturated rings. The first-order chi connectivity index (χ1) is 8.40. The zero-order chi connectivity index (χ0) is 13.7. The summed E-state index contributed by atoms with van der Waals surface area (Å²) < 4.78 is 0. The summed E-state index contributed by atoms with van der Waals surface area (Å²) in [6.07, 6.45) is -1.10. The normalized spacial score (nSPS) is 11.7. The molecule has 96 valence electrons. The number of benzene rings is 1. The standard InChI is InChI=1S/C11H12N2O5/c1-7(14)11(16)8-2-4-9(5-3-8)12-10(15)6-13(17)18/h2-5,7,14H,6H2,1H3,(H,12,15). The second kappa shape index (κ2) is 5.87. The van der Waals surface area contributed by atoms with Crippen LogP contribution in [0.25, 0.3) is 0 Å². The van der Waals surface area contributed by atoms with Crippen molar-refractivity contribution in [3.63, 3.8) is 0 Å². The average molecular weight is 252 g/mol. The number of aliphatic hydroxyl groups excluding tert-OH is 1. The van der Waals surface area contributed by atoms with E-state index in [-0.39, 0.29) is 0 Å². The van der Waals surface area contributed by atoms with Crippen LogP contribution < -0.4 is 5.32 Å². The van der Waals surface area contributed by atoms with Gasteiger partial charge < -0.3 is 10.4 Å². The van der Waals surface area contributed by atoms with Gasteiger partial charge in [-0.3, -0.25) is 19.7 Å². The first kappa shape index (κ1) is 13.8. The maximum Gasteiger partial charge on any atom is 0.296 e. The number of carbonyl (C=O) groups excluding carboxylic acids is 2. The highest BCUT2D eigenvalue weighted by Gasteiger charge is 2.13. The van der Waals surface area contributed by atoms with E-state index in [2.05, 4.69) is 5.32 Å². The summed E-state index contributed by atoms with van der Waals surface area (Å²) in [7, 11) is 0. The maximum atomic E-state index is 11.4. The topological polar surface area (TPSA) is 110 Å². The van der Waals surface area contributed by atoms with Crippen LogP contribution in [0.2, 0.25) is 0 Å². The van der Waals surface area contributed by atoms with Gasteiger partial charge in [-0.25, -0.2) is 0 Å². The highest BCUT2D eigenvalue weighted by molar-refractivity contribution is 5.99. The molecule has 0 aliphatic carbocycles. The molecular weight excluding hydrogens is 240 g/mol. The van der Waals surface area contributed by atoms with Crippen molar-refractivity contribution >= 4 is 17.4 Å². The number of hydrogen-bond acceptors (Lipinski definition) is 5. The van der Waals surface area contributed by atoms with Gasteiger partial charge in [0.05, 0.1) is 0 Å². The fraction of sp³-hybridized carbons (Fsp3) is 0.273. The van der Waals surface area contributed by atoms with E-state index in [4.69, 9.17) is 5.11 Å². The van der Waals surface area contributed by atoms with Gasteiger partial charge >= 0.3 is 0 Å². The zero-order valence-electron chi connectivity index (χ0n) is 9.62. The van der Waals surface area contributed by atoms with Gasteiger partial charge in [0.1, 0.15) is 6.10 Å². The molecule has 7 nitrogen and oxygen atoms in total. The number of aliphatic hydroxyl groups is 1. The molecule has 0 heterocycles. The van der Waals surface area contributed by atoms with Crippen molar-refractivity contribution in [2.45, 2.75) is 13.0 Å². The summed E-state index contributed by atoms with van der Waals surface area (Å²) >= 11 is 0. The number of Topliss-reactive ketones (excluding diaryl/α,β-unsaturated/α-hetero) is 1. The van der Waals surface area contributed by atoms with Crippen molar-refractivity contribution in [2.75, 3.05) is 11.9 Å². The van der Waals surface area contributed by atoms with Crippen LogP contribution in [-0.2, 0) is 4.79 Å². The first-order valence-corrected chi connectivity index (χ1v) is 5.14. The predicted octanol–water partition coefficient (Wildman–Crippen LogP) is 0.465. The number of carbonyl (C=O) groups is 2. The smallest absolute Gasteiger partial charge is 0.296 e. The van der Waals surface area contributed by atoms with Crippen LogP contribution in [0, 0.1) is 10.1 Å². The Morgan fingerprint density at radius 1 is 1.39 bits per heavy atom. The largest absolute Gasteiger partial charge is 0.385 e. The molecule has 0 aliphatic heterocycles. The van der Waals surface area contributed by atoms with E-state index in [1.165, 1.54) is 31.2 Å². The summed E-state index contributed by atoms with van der Waals surface area (Å²) in [5, 5.41) is 21.5. The lowest BCUT2D eigenvalue weighted by molar-refractivity contribution is -0.467. The number of anilines is 1. The fourth-order valence-electron chi connectivity index (χ4n) is 1.28. The minimum Gasteiger partial charge on any atom is -0.385 e. The van der Waals surface area contributed by atoms with Crippen molar-refractivity contribution < 1.29 is 19.6 Å². The van der Waals surface area contributed by atoms with Gasteiger partial charge in [-0.2, -0.15) is 0 Å². The summed E-state index contributed by atoms with van der Waals surface area (Å²) in [6, 6.07) is 5.73. The molecule has 1 amide bonds. The number of amides is 1. The van der Waals surface area contributed by atoms with Crippen molar-refractivity contribution in [3.8, 4) is 0 Å². The molecule has 1 rings (SSSR count). The Bertz CT molecular complexity index is 467. The Labute approximate surface area is 103 Å². The van der Waals surface area contributed by atoms with E-state index in [9.17, 15) is 19.7 Å². The number of ketones is 1. The zero-order valence-corrected chi connectivity index (χ0v) is 9.62. The number of rotatable bonds is 5. The van der Waals surface area contributed by atoms with Crippen LogP contribution in [0.5, 0.6) is 0 Å². The molecule has 1 aromatic carbocycles. The summed E-state index contributed by atoms with van der Waals surface area (Å²) in [5.74, 6) is -1.17. The summed E-state index contributed by atoms with van der Waals surface area (Å²) in [6.45, 7) is 0.545. The molecule has 18 heavy (non-hydrogen) atoms. The van der Waals surface area contributed by atoms with E-state index in [1.54, 1.807) is 0 Å². The third-order valence-electron chi connectivity index (χ3n) is 2.11. The number of nitrogens with one attached hydrogen (secondary N) is 1. The average Bonchev–Trinajstić information content (AvgIpc) is 2.27. The monoisotopic (exact) mass is 252 g/mol. The minimum absolute atomic E-state index is 0.303. The van der Waals surface area contributed by atoms with E-state index in [1.807, 2.05) is 0 Å². The van der Waals surface area contributed by atoms with Crippen molar-refractivity contribution in [2.24, 2.45) is 0 Å². The SMILES string of the molecule is CC(O)C(=O)c1ccc(NC(=O)C[N+](=O)[O-])cc1. The molecule has 2 N–H and O–H groups in total. The number of nitro groups is 1. The van der Waals surface area contributed by atoms with Crippen LogP contribution in [0.15, 0.2) is 24.3 Å². The van der Waals surface area contributed by atoms with Gasteiger partial charge in [0.25, 0.3) is 12.5 Å². The Morgan fingerprint density at radius 3 is 2.39 bits per heavy atom. The van der Waals surface area contributed by atoms with Crippen LogP contribution in [0.4, 0.5) is 5.69 Å². The van der Waals surface area contributed by atoms with Gasteiger partial charge in [0, 0.05) is 16.2 Å². The van der Waals surface area contributed by atoms with Gasteiger partial charge in [-0.1, -0.05) is 0 Å². The molecular formula is C11H12N2O5. The van der Waals surface area contributed by atoms with Crippen LogP contribution in [0.3, 0.4) is 0 Å². The molecule has 1 unspecified atom stereocenters. The molecule has 1 aromatic rings. The Balaban J connectivity index is 2.69. The molecule has 7 heteroatoms. The highest BCUT2D eigenvalue weighted by atomic mass is 16.6. The third kappa shape index (κ3) is 3.95. The molecule has 0 aromatic heterocycles. The van der Waals surface area contributed by atoms with Gasteiger partial charge in [-0.15, -0.1) is 0 Å². The Kier molecular flexibility index (Phi) is 4.50. The van der Waals surface area contributed by atoms with E-state index >= 15 is 0 Å². The lowest BCUT2D eigenvalue weighted by Gasteiger charge is -2.05. The van der Waals surface area contributed by atoms with Crippen molar-refractivity contribution in [1.82, 2.24) is 0 Å². The third-order valence-corrected chi connectivity index (χ3v) is 2.11. The summed E-state index contributed by atoms with van der Waals surface area (Å²) in [5.41, 5.74) is 0.654. The molecule has 0 bridgehead atoms. The van der Waals surface area contributed by atoms with Gasteiger partial charge in [0.15, 0.2) is 5.78 Å². The minimum atomic E-state index is -1.10. The van der Waals surface area contributed by atoms with Crippen molar-refractivity contribution in [1.29, 1.82) is 0 Å². The molecule has 0 aliphatic rings. The van der Waals surface area contributed by atoms with E-state index in [0.717, 1.165) is 0 Å². The van der Waals surface area contributed by atoms with Crippen molar-refractivity contribution in [3.05, 3.63) is 39.9 Å². The van der Waals surface area contributed by atoms with E-state index < -0.39 is 29.3 Å². The molecule has 0 saturated heterocycles. The maximum absolute atomic E-state index is 11.4. The quantitative estimate of drug-likeness (QED) is 0.449. The van der Waals surface area contributed by atoms with Crippen LogP contribution in [0.1, 0.15) is 17.3 Å². The lowest BCUT2D eigenvalue weighted by Crippen LogP contribution is -2.21. The van der Waals surface area contributed by atoms with E-state index in [0.29, 0.717) is 11.3 Å². The number of hydrogen-bond donors (Lipinski definition) is 2. The Hall–Kier alpha value is -2.28. The fourth-order valence-corrected chi connectivity index (χ4v) is 1.28. The predicted molar refractivity (Wildman–Crippen MR) is 62.9 cm³/mol. The van der Waals surface area contributed by atoms with Crippen LogP contribution in [-0.4, -0.2) is 34.4 Å². The lowest BCUT2D eigenvalue weighted by atomic mass is 10.1. The van der Waals surface area contributed by atoms with Gasteiger partial charge in [-0.05, 0) is 31.2 Å². The Morgan fingerprint density at radius 2 is 1.94 bits per heavy atom. The summed E-state index contributed by atoms with van der Waals surface area (Å²) in [4.78, 5) is 31.8. The molecule has 0 saturated carbocycles. The first-order valence-electron chi connectivity index (χ1n) is 5.14. The molecule has 1 atom stereocenters. The second-order valence-electron chi connectivity index (χ2n) is 3.66. The second-order valence-corrected chi connectivity index (χ2v) is 3.66.